The first kappa shape index (κ1) is 26.3. The molecule has 4 aromatic heterocycles. The Morgan fingerprint density at radius 1 is 0.902 bits per heavy atom. The molecule has 208 valence electrons. The Bertz CT molecular complexity index is 1870. The number of rotatable bonds is 8. The first-order valence-electron chi connectivity index (χ1n) is 13.1. The molecule has 41 heavy (non-hydrogen) atoms. The number of benzene rings is 2. The van der Waals surface area contributed by atoms with Gasteiger partial charge in [0.05, 0.1) is 40.0 Å². The van der Waals surface area contributed by atoms with Crippen LogP contribution < -0.4 is 10.2 Å². The molecule has 0 amide bonds. The van der Waals surface area contributed by atoms with Gasteiger partial charge in [-0.25, -0.2) is 13.8 Å². The molecular weight excluding hydrogens is 524 g/mol. The van der Waals surface area contributed by atoms with Gasteiger partial charge in [0.1, 0.15) is 17.2 Å². The molecule has 9 nitrogen and oxygen atoms in total. The van der Waals surface area contributed by atoms with Crippen LogP contribution in [0.3, 0.4) is 0 Å². The van der Waals surface area contributed by atoms with Gasteiger partial charge in [0.15, 0.2) is 11.6 Å². The summed E-state index contributed by atoms with van der Waals surface area (Å²) in [4.78, 5) is 20.6. The number of halogens is 2. The average molecular weight is 554 g/mol. The van der Waals surface area contributed by atoms with E-state index < -0.39 is 5.82 Å². The minimum absolute atomic E-state index is 0.169. The normalized spacial score (nSPS) is 11.6. The summed E-state index contributed by atoms with van der Waals surface area (Å²) in [5.74, 6) is -0.491. The molecule has 0 bridgehead atoms. The number of anilines is 2. The van der Waals surface area contributed by atoms with Crippen LogP contribution in [0.1, 0.15) is 0 Å². The van der Waals surface area contributed by atoms with Crippen molar-refractivity contribution in [3.05, 3.63) is 72.7 Å². The summed E-state index contributed by atoms with van der Waals surface area (Å²) >= 11 is 0. The highest BCUT2D eigenvalue weighted by Gasteiger charge is 2.21. The molecule has 0 aliphatic rings. The van der Waals surface area contributed by atoms with E-state index in [4.69, 9.17) is 4.98 Å². The van der Waals surface area contributed by atoms with Crippen LogP contribution in [0.25, 0.3) is 55.8 Å². The van der Waals surface area contributed by atoms with Gasteiger partial charge in [0.25, 0.3) is 0 Å². The molecular formula is C30H29F2N9. The van der Waals surface area contributed by atoms with Crippen LogP contribution >= 0.6 is 0 Å². The SMILES string of the molecule is CN(C)CCNc1cc(F)cc(-c2cccc3[nH]c(-c4n[nH]c5cnc(-c6cncc(N(C)C)c6)c(F)c45)nc23)c1. The lowest BCUT2D eigenvalue weighted by Gasteiger charge is -2.13. The zero-order valence-electron chi connectivity index (χ0n) is 23.1. The van der Waals surface area contributed by atoms with Crippen LogP contribution in [0.4, 0.5) is 20.2 Å². The monoisotopic (exact) mass is 553 g/mol. The van der Waals surface area contributed by atoms with Gasteiger partial charge < -0.3 is 20.1 Å². The quantitative estimate of drug-likeness (QED) is 0.227. The highest BCUT2D eigenvalue weighted by Crippen LogP contribution is 2.35. The smallest absolute Gasteiger partial charge is 0.161 e. The van der Waals surface area contributed by atoms with E-state index in [1.54, 1.807) is 18.6 Å². The van der Waals surface area contributed by atoms with Crippen molar-refractivity contribution >= 4 is 33.3 Å². The minimum atomic E-state index is -0.525. The molecule has 0 saturated heterocycles. The molecule has 3 N–H and O–H groups in total. The molecule has 0 spiro atoms. The predicted octanol–water partition coefficient (Wildman–Crippen LogP) is 5.55. The van der Waals surface area contributed by atoms with Crippen molar-refractivity contribution in [2.45, 2.75) is 0 Å². The third kappa shape index (κ3) is 5.07. The van der Waals surface area contributed by atoms with Crippen LogP contribution in [0, 0.1) is 11.6 Å². The van der Waals surface area contributed by atoms with Crippen molar-refractivity contribution in [2.75, 3.05) is 51.5 Å². The Morgan fingerprint density at radius 3 is 2.56 bits per heavy atom. The van der Waals surface area contributed by atoms with Crippen molar-refractivity contribution in [1.29, 1.82) is 0 Å². The van der Waals surface area contributed by atoms with Gasteiger partial charge >= 0.3 is 0 Å². The molecule has 4 heterocycles. The number of H-pyrrole nitrogens is 2. The number of aromatic amines is 2. The lowest BCUT2D eigenvalue weighted by molar-refractivity contribution is 0.425. The Hall–Kier alpha value is -4.90. The van der Waals surface area contributed by atoms with E-state index in [-0.39, 0.29) is 16.9 Å². The molecule has 11 heteroatoms. The van der Waals surface area contributed by atoms with Gasteiger partial charge in [0, 0.05) is 50.2 Å². The van der Waals surface area contributed by atoms with Gasteiger partial charge in [0.2, 0.25) is 0 Å². The second-order valence-corrected chi connectivity index (χ2v) is 10.4. The first-order chi connectivity index (χ1) is 19.8. The van der Waals surface area contributed by atoms with E-state index in [1.807, 2.05) is 63.4 Å². The van der Waals surface area contributed by atoms with Crippen molar-refractivity contribution in [2.24, 2.45) is 0 Å². The van der Waals surface area contributed by atoms with Crippen LogP contribution in [-0.2, 0) is 0 Å². The average Bonchev–Trinajstić information content (AvgIpc) is 3.57. The molecule has 6 rings (SSSR count). The number of pyridine rings is 2. The van der Waals surface area contributed by atoms with Crippen molar-refractivity contribution < 1.29 is 8.78 Å². The number of aromatic nitrogens is 6. The van der Waals surface area contributed by atoms with E-state index >= 15 is 4.39 Å². The van der Waals surface area contributed by atoms with E-state index in [0.29, 0.717) is 45.9 Å². The fourth-order valence-corrected chi connectivity index (χ4v) is 4.80. The second kappa shape index (κ2) is 10.6. The molecule has 0 saturated carbocycles. The summed E-state index contributed by atoms with van der Waals surface area (Å²) in [6.45, 7) is 1.49. The number of fused-ring (bicyclic) bond motifs is 2. The minimum Gasteiger partial charge on any atom is -0.384 e. The molecule has 0 radical (unpaired) electrons. The number of para-hydroxylation sites is 1. The number of hydrogen-bond donors (Lipinski definition) is 3. The molecule has 2 aromatic carbocycles. The largest absolute Gasteiger partial charge is 0.384 e. The van der Waals surface area contributed by atoms with Crippen LogP contribution in [-0.4, -0.2) is 76.3 Å². The maximum absolute atomic E-state index is 16.1. The third-order valence-electron chi connectivity index (χ3n) is 6.89. The summed E-state index contributed by atoms with van der Waals surface area (Å²) in [5.41, 5.74) is 5.77. The first-order valence-corrected chi connectivity index (χ1v) is 13.1. The van der Waals surface area contributed by atoms with Crippen molar-refractivity contribution in [3.63, 3.8) is 0 Å². The number of hydrogen-bond acceptors (Lipinski definition) is 7. The van der Waals surface area contributed by atoms with Crippen LogP contribution in [0.5, 0.6) is 0 Å². The summed E-state index contributed by atoms with van der Waals surface area (Å²) in [6.07, 6.45) is 4.84. The van der Waals surface area contributed by atoms with Gasteiger partial charge in [-0.15, -0.1) is 0 Å². The Morgan fingerprint density at radius 2 is 1.76 bits per heavy atom. The molecule has 0 aliphatic heterocycles. The standard InChI is InChI=1S/C30H29F2N9/c1-40(2)9-8-34-20-11-17(10-19(31)13-20)22-6-5-7-23-28(22)37-30(36-23)29-25-24(38-39-29)16-35-27(26(25)32)18-12-21(41(3)4)15-33-14-18/h5-7,10-16,34H,8-9H2,1-4H3,(H,36,37)(H,38,39). The molecule has 0 unspecified atom stereocenters. The third-order valence-corrected chi connectivity index (χ3v) is 6.89. The number of nitrogens with zero attached hydrogens (tertiary/aromatic N) is 6. The van der Waals surface area contributed by atoms with Gasteiger partial charge in [-0.1, -0.05) is 12.1 Å². The zero-order valence-corrected chi connectivity index (χ0v) is 23.1. The zero-order chi connectivity index (χ0) is 28.7. The Kier molecular flexibility index (Phi) is 6.80. The maximum atomic E-state index is 16.1. The Balaban J connectivity index is 1.42. The lowest BCUT2D eigenvalue weighted by atomic mass is 10.0. The summed E-state index contributed by atoms with van der Waals surface area (Å²) in [6, 6.07) is 12.3. The van der Waals surface area contributed by atoms with E-state index in [2.05, 4.69) is 35.4 Å². The number of imidazole rings is 1. The number of nitrogens with one attached hydrogen (secondary N) is 3. The van der Waals surface area contributed by atoms with Crippen LogP contribution in [0.2, 0.25) is 0 Å². The van der Waals surface area contributed by atoms with E-state index in [0.717, 1.165) is 23.3 Å². The fourth-order valence-electron chi connectivity index (χ4n) is 4.80. The summed E-state index contributed by atoms with van der Waals surface area (Å²) in [5, 5.41) is 10.8. The van der Waals surface area contributed by atoms with Crippen molar-refractivity contribution in [3.8, 4) is 33.9 Å². The topological polar surface area (TPSA) is 102 Å². The second-order valence-electron chi connectivity index (χ2n) is 10.4. The molecule has 0 fully saturated rings. The molecule has 0 aliphatic carbocycles. The van der Waals surface area contributed by atoms with Gasteiger partial charge in [-0.2, -0.15) is 5.10 Å². The van der Waals surface area contributed by atoms with Gasteiger partial charge in [-0.05, 0) is 50.0 Å². The molecule has 0 atom stereocenters. The summed E-state index contributed by atoms with van der Waals surface area (Å²) < 4.78 is 30.7. The summed E-state index contributed by atoms with van der Waals surface area (Å²) in [7, 11) is 7.76. The maximum Gasteiger partial charge on any atom is 0.161 e. The van der Waals surface area contributed by atoms with Crippen molar-refractivity contribution in [1.82, 2.24) is 35.0 Å². The van der Waals surface area contributed by atoms with Gasteiger partial charge in [-0.3, -0.25) is 15.1 Å². The predicted molar refractivity (Wildman–Crippen MR) is 159 cm³/mol. The fraction of sp³-hybridized carbons (Fsp3) is 0.200. The van der Waals surface area contributed by atoms with E-state index in [9.17, 15) is 4.39 Å². The Labute approximate surface area is 235 Å². The van der Waals surface area contributed by atoms with Crippen LogP contribution in [0.15, 0.2) is 61.1 Å². The highest BCUT2D eigenvalue weighted by molar-refractivity contribution is 5.98. The molecule has 6 aromatic rings. The number of likely N-dealkylation sites (N-methyl/N-ethyl adjacent to an activating group) is 1. The highest BCUT2D eigenvalue weighted by atomic mass is 19.1. The lowest BCUT2D eigenvalue weighted by Crippen LogP contribution is -2.20. The van der Waals surface area contributed by atoms with E-state index in [1.165, 1.54) is 12.1 Å².